The van der Waals surface area contributed by atoms with E-state index >= 15 is 0 Å². The van der Waals surface area contributed by atoms with Gasteiger partial charge in [-0.1, -0.05) is 62.4 Å². The quantitative estimate of drug-likeness (QED) is 0.318. The molecule has 188 valence electrons. The monoisotopic (exact) mass is 504 g/mol. The number of fused-ring (bicyclic) bond motifs is 1. The molecule has 7 nitrogen and oxygen atoms in total. The predicted molar refractivity (Wildman–Crippen MR) is 134 cm³/mol. The van der Waals surface area contributed by atoms with Crippen LogP contribution in [-0.4, -0.2) is 29.1 Å². The standard InChI is InChI=1S/C27H23F3N6O/c1-16(2)19-6-4-5-7-20(19)24-32-12-21-26(34-24)36(23(37)13-31-21)14-17-8-10-18(11-9-17)25-33-22(15-35(25)3)27(28,29)30/h4-13,15-16H,14H2,1-3H3. The molecule has 3 aromatic heterocycles. The summed E-state index contributed by atoms with van der Waals surface area (Å²) in [7, 11) is 1.52. The predicted octanol–water partition coefficient (Wildman–Crippen LogP) is 5.44. The van der Waals surface area contributed by atoms with Crippen molar-refractivity contribution >= 4 is 11.2 Å². The Hall–Kier alpha value is -4.34. The molecule has 0 spiro atoms. The summed E-state index contributed by atoms with van der Waals surface area (Å²) in [5, 5.41) is 0. The van der Waals surface area contributed by atoms with E-state index in [1.54, 1.807) is 30.5 Å². The SMILES string of the molecule is CC(C)c1ccccc1-c1ncc2ncc(=O)n(Cc3ccc(-c4nc(C(F)(F)F)cn4C)cc3)c2n1. The number of benzene rings is 2. The molecule has 0 amide bonds. The van der Waals surface area contributed by atoms with Gasteiger partial charge in [0.15, 0.2) is 17.2 Å². The third-order valence-electron chi connectivity index (χ3n) is 6.13. The van der Waals surface area contributed by atoms with Crippen LogP contribution < -0.4 is 5.56 Å². The van der Waals surface area contributed by atoms with Gasteiger partial charge in [-0.2, -0.15) is 13.2 Å². The second kappa shape index (κ2) is 9.27. The van der Waals surface area contributed by atoms with E-state index in [0.29, 0.717) is 22.6 Å². The zero-order valence-electron chi connectivity index (χ0n) is 20.4. The molecule has 0 unspecified atom stereocenters. The third kappa shape index (κ3) is 4.74. The average molecular weight is 505 g/mol. The zero-order valence-corrected chi connectivity index (χ0v) is 20.4. The first-order valence-corrected chi connectivity index (χ1v) is 11.6. The van der Waals surface area contributed by atoms with Crippen molar-refractivity contribution in [2.75, 3.05) is 0 Å². The smallest absolute Gasteiger partial charge is 0.333 e. The van der Waals surface area contributed by atoms with Gasteiger partial charge in [0, 0.05) is 24.4 Å². The van der Waals surface area contributed by atoms with Crippen LogP contribution in [0.15, 0.2) is 71.9 Å². The van der Waals surface area contributed by atoms with Gasteiger partial charge in [0.05, 0.1) is 18.9 Å². The summed E-state index contributed by atoms with van der Waals surface area (Å²) in [6, 6.07) is 14.8. The van der Waals surface area contributed by atoms with Crippen LogP contribution in [-0.2, 0) is 19.8 Å². The Morgan fingerprint density at radius 1 is 0.946 bits per heavy atom. The molecule has 0 atom stereocenters. The number of hydrogen-bond donors (Lipinski definition) is 0. The van der Waals surface area contributed by atoms with Crippen molar-refractivity contribution in [1.82, 2.24) is 29.1 Å². The Labute approximate surface area is 210 Å². The summed E-state index contributed by atoms with van der Waals surface area (Å²) in [6.07, 6.45) is -0.724. The summed E-state index contributed by atoms with van der Waals surface area (Å²) in [5.41, 5.74) is 2.90. The maximum Gasteiger partial charge on any atom is 0.434 e. The lowest BCUT2D eigenvalue weighted by Crippen LogP contribution is -2.22. The van der Waals surface area contributed by atoms with Crippen molar-refractivity contribution in [3.05, 3.63) is 94.3 Å². The van der Waals surface area contributed by atoms with Gasteiger partial charge in [0.25, 0.3) is 5.56 Å². The maximum absolute atomic E-state index is 13.0. The highest BCUT2D eigenvalue weighted by atomic mass is 19.4. The first-order chi connectivity index (χ1) is 17.6. The molecule has 10 heteroatoms. The van der Waals surface area contributed by atoms with E-state index in [9.17, 15) is 18.0 Å². The number of rotatable bonds is 5. The van der Waals surface area contributed by atoms with Gasteiger partial charge in [-0.25, -0.2) is 19.9 Å². The molecule has 0 aliphatic carbocycles. The molecule has 0 saturated carbocycles. The zero-order chi connectivity index (χ0) is 26.3. The van der Waals surface area contributed by atoms with E-state index < -0.39 is 11.9 Å². The van der Waals surface area contributed by atoms with Crippen molar-refractivity contribution < 1.29 is 13.2 Å². The normalized spacial score (nSPS) is 12.0. The van der Waals surface area contributed by atoms with Crippen LogP contribution in [0.4, 0.5) is 13.2 Å². The molecule has 0 fully saturated rings. The van der Waals surface area contributed by atoms with Crippen LogP contribution in [0, 0.1) is 0 Å². The van der Waals surface area contributed by atoms with E-state index in [1.807, 2.05) is 24.3 Å². The lowest BCUT2D eigenvalue weighted by molar-refractivity contribution is -0.140. The minimum absolute atomic E-state index is 0.201. The Morgan fingerprint density at radius 2 is 1.68 bits per heavy atom. The van der Waals surface area contributed by atoms with Gasteiger partial charge < -0.3 is 4.57 Å². The lowest BCUT2D eigenvalue weighted by Gasteiger charge is -2.13. The van der Waals surface area contributed by atoms with Crippen LogP contribution in [0.25, 0.3) is 33.9 Å². The number of alkyl halides is 3. The van der Waals surface area contributed by atoms with Crippen LogP contribution in [0.1, 0.15) is 36.6 Å². The van der Waals surface area contributed by atoms with Crippen molar-refractivity contribution in [1.29, 1.82) is 0 Å². The molecule has 5 aromatic rings. The number of nitrogens with zero attached hydrogens (tertiary/aromatic N) is 6. The topological polar surface area (TPSA) is 78.5 Å². The molecule has 3 heterocycles. The minimum atomic E-state index is -4.52. The fraction of sp³-hybridized carbons (Fsp3) is 0.222. The molecule has 5 rings (SSSR count). The van der Waals surface area contributed by atoms with Crippen molar-refractivity contribution in [2.45, 2.75) is 32.5 Å². The first kappa shape index (κ1) is 24.4. The highest BCUT2D eigenvalue weighted by Gasteiger charge is 2.34. The van der Waals surface area contributed by atoms with Crippen molar-refractivity contribution in [3.8, 4) is 22.8 Å². The number of halogens is 3. The van der Waals surface area contributed by atoms with Crippen LogP contribution in [0.5, 0.6) is 0 Å². The molecule has 0 N–H and O–H groups in total. The molecule has 37 heavy (non-hydrogen) atoms. The first-order valence-electron chi connectivity index (χ1n) is 11.6. The molecule has 0 radical (unpaired) electrons. The average Bonchev–Trinajstić information content (AvgIpc) is 3.28. The summed E-state index contributed by atoms with van der Waals surface area (Å²) < 4.78 is 42.0. The molecule has 0 bridgehead atoms. The highest BCUT2D eigenvalue weighted by molar-refractivity contribution is 5.73. The molecule has 2 aromatic carbocycles. The number of imidazole rings is 1. The number of hydrogen-bond acceptors (Lipinski definition) is 5. The van der Waals surface area contributed by atoms with Crippen molar-refractivity contribution in [2.24, 2.45) is 7.05 Å². The largest absolute Gasteiger partial charge is 0.434 e. The third-order valence-corrected chi connectivity index (χ3v) is 6.13. The second-order valence-corrected chi connectivity index (χ2v) is 9.08. The van der Waals surface area contributed by atoms with Gasteiger partial charge in [0.2, 0.25) is 0 Å². The van der Waals surface area contributed by atoms with Crippen LogP contribution in [0.2, 0.25) is 0 Å². The van der Waals surface area contributed by atoms with E-state index in [0.717, 1.165) is 22.9 Å². The van der Waals surface area contributed by atoms with E-state index in [-0.39, 0.29) is 23.8 Å². The Morgan fingerprint density at radius 3 is 2.35 bits per heavy atom. The Bertz CT molecular complexity index is 1650. The van der Waals surface area contributed by atoms with E-state index in [1.165, 1.54) is 22.4 Å². The Balaban J connectivity index is 1.51. The molecular formula is C27H23F3N6O. The number of aryl methyl sites for hydroxylation is 1. The number of aromatic nitrogens is 6. The van der Waals surface area contributed by atoms with Gasteiger partial charge >= 0.3 is 6.18 Å². The van der Waals surface area contributed by atoms with Gasteiger partial charge in [-0.3, -0.25) is 9.36 Å². The lowest BCUT2D eigenvalue weighted by atomic mass is 9.97. The maximum atomic E-state index is 13.0. The summed E-state index contributed by atoms with van der Waals surface area (Å²) in [5.74, 6) is 0.964. The highest BCUT2D eigenvalue weighted by Crippen LogP contribution is 2.31. The van der Waals surface area contributed by atoms with E-state index in [2.05, 4.69) is 28.8 Å². The van der Waals surface area contributed by atoms with Gasteiger partial charge in [-0.15, -0.1) is 0 Å². The fourth-order valence-corrected chi connectivity index (χ4v) is 4.25. The summed E-state index contributed by atoms with van der Waals surface area (Å²) in [6.45, 7) is 4.39. The summed E-state index contributed by atoms with van der Waals surface area (Å²) >= 11 is 0. The fourth-order valence-electron chi connectivity index (χ4n) is 4.25. The van der Waals surface area contributed by atoms with E-state index in [4.69, 9.17) is 4.98 Å². The van der Waals surface area contributed by atoms with Crippen LogP contribution in [0.3, 0.4) is 0 Å². The van der Waals surface area contributed by atoms with Crippen molar-refractivity contribution in [3.63, 3.8) is 0 Å². The molecule has 0 aliphatic heterocycles. The molecule has 0 saturated heterocycles. The second-order valence-electron chi connectivity index (χ2n) is 9.08. The molecule has 0 aliphatic rings. The van der Waals surface area contributed by atoms with Gasteiger partial charge in [0.1, 0.15) is 11.3 Å². The van der Waals surface area contributed by atoms with Crippen LogP contribution >= 0.6 is 0 Å². The molecular weight excluding hydrogens is 481 g/mol. The minimum Gasteiger partial charge on any atom is -0.333 e. The Kier molecular flexibility index (Phi) is 6.10. The van der Waals surface area contributed by atoms with Gasteiger partial charge in [-0.05, 0) is 17.0 Å². The summed E-state index contributed by atoms with van der Waals surface area (Å²) in [4.78, 5) is 30.0.